The zero-order valence-electron chi connectivity index (χ0n) is 8.22. The molecule has 3 heterocycles. The second kappa shape index (κ2) is 3.85. The van der Waals surface area contributed by atoms with Crippen molar-refractivity contribution in [1.29, 1.82) is 0 Å². The van der Waals surface area contributed by atoms with Gasteiger partial charge < -0.3 is 0 Å². The van der Waals surface area contributed by atoms with Crippen molar-refractivity contribution in [3.05, 3.63) is 48.0 Å². The molecule has 16 heavy (non-hydrogen) atoms. The van der Waals surface area contributed by atoms with Crippen molar-refractivity contribution in [2.45, 2.75) is 0 Å². The summed E-state index contributed by atoms with van der Waals surface area (Å²) in [4.78, 5) is 9.27. The Balaban J connectivity index is 2.23. The van der Waals surface area contributed by atoms with Crippen molar-refractivity contribution in [2.75, 3.05) is 0 Å². The Morgan fingerprint density at radius 3 is 2.62 bits per heavy atom. The lowest BCUT2D eigenvalue weighted by Gasteiger charge is -1.93. The molecule has 3 aromatic rings. The van der Waals surface area contributed by atoms with E-state index in [0.29, 0.717) is 5.15 Å². The van der Waals surface area contributed by atoms with Crippen LogP contribution in [-0.2, 0) is 0 Å². The molecule has 0 N–H and O–H groups in total. The van der Waals surface area contributed by atoms with Crippen LogP contribution in [0.2, 0.25) is 5.15 Å². The van der Waals surface area contributed by atoms with Crippen LogP contribution in [0.25, 0.3) is 20.5 Å². The highest BCUT2D eigenvalue weighted by atomic mass is 35.5. The van der Waals surface area contributed by atoms with Crippen molar-refractivity contribution in [2.24, 2.45) is 0 Å². The second-order valence-corrected chi connectivity index (χ2v) is 4.78. The van der Waals surface area contributed by atoms with Gasteiger partial charge in [-0.25, -0.2) is 4.98 Å². The monoisotopic (exact) mass is 246 g/mol. The van der Waals surface area contributed by atoms with Gasteiger partial charge in [-0.1, -0.05) is 11.6 Å². The molecular formula is C12H7ClN2S. The fourth-order valence-electron chi connectivity index (χ4n) is 1.59. The third-order valence-electron chi connectivity index (χ3n) is 2.35. The molecule has 4 heteroatoms. The Hall–Kier alpha value is -1.45. The Labute approximate surface area is 102 Å². The van der Waals surface area contributed by atoms with Gasteiger partial charge >= 0.3 is 0 Å². The number of nitrogens with zero attached hydrogens (tertiary/aromatic N) is 2. The molecule has 0 amide bonds. The summed E-state index contributed by atoms with van der Waals surface area (Å²) in [5.74, 6) is 0. The van der Waals surface area contributed by atoms with E-state index in [9.17, 15) is 0 Å². The fourth-order valence-corrected chi connectivity index (χ4v) is 2.91. The molecule has 0 aliphatic rings. The molecule has 0 saturated heterocycles. The van der Waals surface area contributed by atoms with Crippen LogP contribution in [0.4, 0.5) is 0 Å². The van der Waals surface area contributed by atoms with Crippen LogP contribution < -0.4 is 0 Å². The molecule has 0 aliphatic carbocycles. The summed E-state index contributed by atoms with van der Waals surface area (Å²) in [5.41, 5.74) is 1.16. The summed E-state index contributed by atoms with van der Waals surface area (Å²) in [5, 5.41) is 1.71. The molecule has 0 atom stereocenters. The van der Waals surface area contributed by atoms with Gasteiger partial charge in [0, 0.05) is 23.5 Å². The summed E-state index contributed by atoms with van der Waals surface area (Å²) in [6.07, 6.45) is 5.31. The molecule has 0 aliphatic heterocycles. The van der Waals surface area contributed by atoms with Crippen molar-refractivity contribution >= 4 is 33.0 Å². The zero-order valence-corrected chi connectivity index (χ0v) is 9.79. The van der Waals surface area contributed by atoms with Crippen molar-refractivity contribution in [3.8, 4) is 10.4 Å². The number of rotatable bonds is 1. The Kier molecular flexibility index (Phi) is 2.35. The van der Waals surface area contributed by atoms with Crippen molar-refractivity contribution in [3.63, 3.8) is 0 Å². The highest BCUT2D eigenvalue weighted by Crippen LogP contribution is 2.35. The van der Waals surface area contributed by atoms with E-state index in [1.165, 1.54) is 4.88 Å². The number of aromatic nitrogens is 2. The topological polar surface area (TPSA) is 25.8 Å². The summed E-state index contributed by atoms with van der Waals surface area (Å²) < 4.78 is 1.04. The molecule has 0 saturated carbocycles. The van der Waals surface area contributed by atoms with Crippen LogP contribution in [0.1, 0.15) is 0 Å². The maximum Gasteiger partial charge on any atom is 0.146 e. The lowest BCUT2D eigenvalue weighted by molar-refractivity contribution is 1.33. The first-order chi connectivity index (χ1) is 7.84. The first-order valence-corrected chi connectivity index (χ1v) is 5.98. The third-order valence-corrected chi connectivity index (χ3v) is 3.96. The van der Waals surface area contributed by atoms with E-state index < -0.39 is 0 Å². The lowest BCUT2D eigenvalue weighted by atomic mass is 10.2. The molecule has 0 unspecified atom stereocenters. The number of hydrogen-bond donors (Lipinski definition) is 0. The first-order valence-electron chi connectivity index (χ1n) is 4.79. The van der Waals surface area contributed by atoms with Gasteiger partial charge in [0.05, 0.1) is 4.70 Å². The van der Waals surface area contributed by atoms with Crippen LogP contribution in [0.5, 0.6) is 0 Å². The number of thiophene rings is 1. The van der Waals surface area contributed by atoms with Crippen LogP contribution in [0, 0.1) is 0 Å². The van der Waals surface area contributed by atoms with Gasteiger partial charge in [0.2, 0.25) is 0 Å². The maximum atomic E-state index is 6.04. The minimum atomic E-state index is 0.572. The van der Waals surface area contributed by atoms with Crippen LogP contribution in [0.15, 0.2) is 42.9 Å². The fraction of sp³-hybridized carbons (Fsp3) is 0. The molecule has 78 valence electrons. The molecular weight excluding hydrogens is 240 g/mol. The van der Waals surface area contributed by atoms with E-state index in [-0.39, 0.29) is 0 Å². The van der Waals surface area contributed by atoms with Gasteiger partial charge in [-0.05, 0) is 35.2 Å². The van der Waals surface area contributed by atoms with Gasteiger partial charge in [0.15, 0.2) is 0 Å². The normalized spacial score (nSPS) is 10.8. The van der Waals surface area contributed by atoms with Gasteiger partial charge in [-0.15, -0.1) is 11.3 Å². The quantitative estimate of drug-likeness (QED) is 0.607. The van der Waals surface area contributed by atoms with E-state index in [2.05, 4.69) is 16.0 Å². The van der Waals surface area contributed by atoms with Gasteiger partial charge in [0.25, 0.3) is 0 Å². The van der Waals surface area contributed by atoms with E-state index in [0.717, 1.165) is 15.6 Å². The zero-order chi connectivity index (χ0) is 11.0. The first kappa shape index (κ1) is 9.75. The van der Waals surface area contributed by atoms with Gasteiger partial charge in [-0.2, -0.15) is 0 Å². The largest absolute Gasteiger partial charge is 0.265 e. The Morgan fingerprint density at radius 2 is 1.88 bits per heavy atom. The SMILES string of the molecule is Clc1nccc2cc(-c3ccncc3)sc12. The van der Waals surface area contributed by atoms with E-state index in [1.54, 1.807) is 29.9 Å². The second-order valence-electron chi connectivity index (χ2n) is 3.37. The molecule has 0 radical (unpaired) electrons. The number of hydrogen-bond acceptors (Lipinski definition) is 3. The minimum Gasteiger partial charge on any atom is -0.265 e. The number of fused-ring (bicyclic) bond motifs is 1. The molecule has 3 aromatic heterocycles. The average molecular weight is 247 g/mol. The predicted octanol–water partition coefficient (Wildman–Crippen LogP) is 4.01. The molecule has 2 nitrogen and oxygen atoms in total. The van der Waals surface area contributed by atoms with Crippen LogP contribution >= 0.6 is 22.9 Å². The molecule has 0 spiro atoms. The summed E-state index contributed by atoms with van der Waals surface area (Å²) >= 11 is 7.70. The van der Waals surface area contributed by atoms with Crippen molar-refractivity contribution in [1.82, 2.24) is 9.97 Å². The number of pyridine rings is 2. The minimum absolute atomic E-state index is 0.572. The molecule has 0 aromatic carbocycles. The van der Waals surface area contributed by atoms with Crippen molar-refractivity contribution < 1.29 is 0 Å². The average Bonchev–Trinajstić information content (AvgIpc) is 2.76. The smallest absolute Gasteiger partial charge is 0.146 e. The van der Waals surface area contributed by atoms with Gasteiger partial charge in [-0.3, -0.25) is 4.98 Å². The third kappa shape index (κ3) is 1.58. The molecule has 3 rings (SSSR count). The van der Waals surface area contributed by atoms with E-state index >= 15 is 0 Å². The molecule has 0 bridgehead atoms. The summed E-state index contributed by atoms with van der Waals surface area (Å²) in [6, 6.07) is 8.09. The summed E-state index contributed by atoms with van der Waals surface area (Å²) in [7, 11) is 0. The molecule has 0 fully saturated rings. The van der Waals surface area contributed by atoms with Crippen LogP contribution in [0.3, 0.4) is 0 Å². The standard InChI is InChI=1S/C12H7ClN2S/c13-12-11-9(3-6-15-12)7-10(16-11)8-1-4-14-5-2-8/h1-7H. The Bertz CT molecular complexity index is 634. The predicted molar refractivity (Wildman–Crippen MR) is 67.9 cm³/mol. The summed E-state index contributed by atoms with van der Waals surface area (Å²) in [6.45, 7) is 0. The highest BCUT2D eigenvalue weighted by Gasteiger charge is 2.06. The van der Waals surface area contributed by atoms with Crippen LogP contribution in [-0.4, -0.2) is 9.97 Å². The maximum absolute atomic E-state index is 6.04. The van der Waals surface area contributed by atoms with E-state index in [4.69, 9.17) is 11.6 Å². The highest BCUT2D eigenvalue weighted by molar-refractivity contribution is 7.22. The Morgan fingerprint density at radius 1 is 1.06 bits per heavy atom. The lowest BCUT2D eigenvalue weighted by Crippen LogP contribution is -1.71. The van der Waals surface area contributed by atoms with Gasteiger partial charge in [0.1, 0.15) is 5.15 Å². The number of halogens is 1. The van der Waals surface area contributed by atoms with E-state index in [1.807, 2.05) is 18.2 Å².